The Kier molecular flexibility index (Phi) is 4.62. The van der Waals surface area contributed by atoms with Gasteiger partial charge in [-0.2, -0.15) is 0 Å². The summed E-state index contributed by atoms with van der Waals surface area (Å²) in [4.78, 5) is 11.9. The van der Waals surface area contributed by atoms with Crippen LogP contribution in [0.15, 0.2) is 17.5 Å². The van der Waals surface area contributed by atoms with Crippen LogP contribution in [0.4, 0.5) is 0 Å². The third kappa shape index (κ3) is 3.47. The Hall–Kier alpha value is -0.870. The second-order valence-electron chi connectivity index (χ2n) is 2.98. The van der Waals surface area contributed by atoms with E-state index in [1.807, 2.05) is 24.4 Å². The largest absolute Gasteiger partial charge is 0.479 e. The molecule has 78 valence electrons. The average molecular weight is 214 g/mol. The molecule has 0 unspecified atom stereocenters. The summed E-state index contributed by atoms with van der Waals surface area (Å²) in [6.45, 7) is 2.46. The predicted octanol–water partition coefficient (Wildman–Crippen LogP) is 2.17. The number of ether oxygens (including phenoxy) is 1. The van der Waals surface area contributed by atoms with Crippen LogP contribution in [0, 0.1) is 0 Å². The molecule has 1 rings (SSSR count). The molecule has 0 aliphatic heterocycles. The molecule has 3 nitrogen and oxygen atoms in total. The lowest BCUT2D eigenvalue weighted by atomic mass is 10.2. The van der Waals surface area contributed by atoms with Gasteiger partial charge in [0, 0.05) is 17.9 Å². The molecule has 0 amide bonds. The van der Waals surface area contributed by atoms with Crippen LogP contribution in [-0.2, 0) is 16.0 Å². The van der Waals surface area contributed by atoms with Gasteiger partial charge in [0.1, 0.15) is 0 Å². The van der Waals surface area contributed by atoms with E-state index in [-0.39, 0.29) is 0 Å². The summed E-state index contributed by atoms with van der Waals surface area (Å²) in [6.07, 6.45) is 0.606. The summed E-state index contributed by atoms with van der Waals surface area (Å²) in [5.41, 5.74) is 0. The molecular weight excluding hydrogens is 200 g/mol. The fourth-order valence-corrected chi connectivity index (χ4v) is 1.83. The Morgan fingerprint density at radius 1 is 1.71 bits per heavy atom. The zero-order valence-corrected chi connectivity index (χ0v) is 8.92. The number of carboxylic acid groups (broad SMARTS) is 1. The Bertz CT molecular complexity index is 269. The van der Waals surface area contributed by atoms with Crippen molar-refractivity contribution in [3.8, 4) is 0 Å². The van der Waals surface area contributed by atoms with Gasteiger partial charge in [0.15, 0.2) is 6.10 Å². The van der Waals surface area contributed by atoms with E-state index in [4.69, 9.17) is 9.84 Å². The highest BCUT2D eigenvalue weighted by molar-refractivity contribution is 7.09. The molecule has 1 aromatic rings. The van der Waals surface area contributed by atoms with Gasteiger partial charge in [0.25, 0.3) is 0 Å². The minimum Gasteiger partial charge on any atom is -0.479 e. The van der Waals surface area contributed by atoms with E-state index in [0.717, 1.165) is 11.3 Å². The summed E-state index contributed by atoms with van der Waals surface area (Å²) in [6, 6.07) is 3.84. The van der Waals surface area contributed by atoms with Crippen molar-refractivity contribution in [2.24, 2.45) is 0 Å². The van der Waals surface area contributed by atoms with Crippen LogP contribution in [0.5, 0.6) is 0 Å². The van der Waals surface area contributed by atoms with Gasteiger partial charge in [0.2, 0.25) is 0 Å². The van der Waals surface area contributed by atoms with Crippen molar-refractivity contribution in [2.75, 3.05) is 6.61 Å². The zero-order valence-electron chi connectivity index (χ0n) is 8.10. The highest BCUT2D eigenvalue weighted by Crippen LogP contribution is 2.13. The predicted molar refractivity (Wildman–Crippen MR) is 55.7 cm³/mol. The summed E-state index contributed by atoms with van der Waals surface area (Å²) in [5.74, 6) is -0.883. The lowest BCUT2D eigenvalue weighted by molar-refractivity contribution is -0.150. The third-order valence-electron chi connectivity index (χ3n) is 1.77. The summed E-state index contributed by atoms with van der Waals surface area (Å²) in [7, 11) is 0. The van der Waals surface area contributed by atoms with Crippen molar-refractivity contribution in [1.29, 1.82) is 0 Å². The normalized spacial score (nSPS) is 12.6. The summed E-state index contributed by atoms with van der Waals surface area (Å²) in [5, 5.41) is 10.8. The van der Waals surface area contributed by atoms with Crippen LogP contribution in [0.2, 0.25) is 0 Å². The van der Waals surface area contributed by atoms with E-state index >= 15 is 0 Å². The molecule has 0 bridgehead atoms. The molecule has 0 aromatic carbocycles. The van der Waals surface area contributed by atoms with Gasteiger partial charge in [-0.05, 0) is 17.9 Å². The highest BCUT2D eigenvalue weighted by atomic mass is 32.1. The minimum atomic E-state index is -0.883. The molecule has 0 aliphatic rings. The van der Waals surface area contributed by atoms with Crippen molar-refractivity contribution in [3.05, 3.63) is 22.4 Å². The standard InChI is InChI=1S/C10H14O3S/c1-2-5-13-9(10(11)12)7-8-4-3-6-14-8/h3-4,6,9H,2,5,7H2,1H3,(H,11,12)/t9-/m1/s1. The molecule has 1 heterocycles. The first-order chi connectivity index (χ1) is 6.74. The molecule has 0 fully saturated rings. The number of carboxylic acids is 1. The summed E-state index contributed by atoms with van der Waals surface area (Å²) >= 11 is 1.56. The SMILES string of the molecule is CCCO[C@H](Cc1cccs1)C(=O)O. The van der Waals surface area contributed by atoms with Crippen molar-refractivity contribution in [2.45, 2.75) is 25.9 Å². The Labute approximate surface area is 87.3 Å². The smallest absolute Gasteiger partial charge is 0.333 e. The van der Waals surface area contributed by atoms with Gasteiger partial charge >= 0.3 is 5.97 Å². The Balaban J connectivity index is 2.47. The summed E-state index contributed by atoms with van der Waals surface area (Å²) < 4.78 is 5.23. The molecule has 0 spiro atoms. The fourth-order valence-electron chi connectivity index (χ4n) is 1.09. The van der Waals surface area contributed by atoms with Crippen molar-refractivity contribution in [1.82, 2.24) is 0 Å². The van der Waals surface area contributed by atoms with Crippen molar-refractivity contribution in [3.63, 3.8) is 0 Å². The lowest BCUT2D eigenvalue weighted by Crippen LogP contribution is -2.26. The molecule has 1 aromatic heterocycles. The highest BCUT2D eigenvalue weighted by Gasteiger charge is 2.18. The number of rotatable bonds is 6. The molecular formula is C10H14O3S. The van der Waals surface area contributed by atoms with Gasteiger partial charge < -0.3 is 9.84 Å². The van der Waals surface area contributed by atoms with Crippen LogP contribution in [0.1, 0.15) is 18.2 Å². The lowest BCUT2D eigenvalue weighted by Gasteiger charge is -2.11. The number of hydrogen-bond acceptors (Lipinski definition) is 3. The van der Waals surface area contributed by atoms with Crippen LogP contribution in [0.25, 0.3) is 0 Å². The number of carbonyl (C=O) groups is 1. The van der Waals surface area contributed by atoms with Gasteiger partial charge in [-0.15, -0.1) is 11.3 Å². The van der Waals surface area contributed by atoms with Gasteiger partial charge in [0.05, 0.1) is 0 Å². The monoisotopic (exact) mass is 214 g/mol. The van der Waals surface area contributed by atoms with E-state index < -0.39 is 12.1 Å². The van der Waals surface area contributed by atoms with E-state index in [1.165, 1.54) is 0 Å². The fraction of sp³-hybridized carbons (Fsp3) is 0.500. The second-order valence-corrected chi connectivity index (χ2v) is 4.01. The van der Waals surface area contributed by atoms with E-state index in [9.17, 15) is 4.79 Å². The van der Waals surface area contributed by atoms with Gasteiger partial charge in [-0.25, -0.2) is 4.79 Å². The first-order valence-corrected chi connectivity index (χ1v) is 5.48. The molecule has 0 aliphatic carbocycles. The molecule has 0 saturated heterocycles. The molecule has 1 atom stereocenters. The number of hydrogen-bond donors (Lipinski definition) is 1. The molecule has 0 saturated carbocycles. The van der Waals surface area contributed by atoms with E-state index in [0.29, 0.717) is 13.0 Å². The van der Waals surface area contributed by atoms with Gasteiger partial charge in [-0.1, -0.05) is 13.0 Å². The second kappa shape index (κ2) is 5.78. The first-order valence-electron chi connectivity index (χ1n) is 4.60. The zero-order chi connectivity index (χ0) is 10.4. The molecule has 1 N–H and O–H groups in total. The van der Waals surface area contributed by atoms with Crippen LogP contribution >= 0.6 is 11.3 Å². The Morgan fingerprint density at radius 2 is 2.50 bits per heavy atom. The van der Waals surface area contributed by atoms with Crippen molar-refractivity contribution >= 4 is 17.3 Å². The molecule has 0 radical (unpaired) electrons. The van der Waals surface area contributed by atoms with Crippen LogP contribution in [0.3, 0.4) is 0 Å². The minimum absolute atomic E-state index is 0.465. The van der Waals surface area contributed by atoms with Crippen LogP contribution < -0.4 is 0 Å². The Morgan fingerprint density at radius 3 is 3.00 bits per heavy atom. The topological polar surface area (TPSA) is 46.5 Å². The van der Waals surface area contributed by atoms with E-state index in [2.05, 4.69) is 0 Å². The average Bonchev–Trinajstić information content (AvgIpc) is 2.64. The van der Waals surface area contributed by atoms with Crippen molar-refractivity contribution < 1.29 is 14.6 Å². The maximum absolute atomic E-state index is 10.8. The van der Waals surface area contributed by atoms with E-state index in [1.54, 1.807) is 11.3 Å². The first kappa shape index (κ1) is 11.2. The maximum atomic E-state index is 10.8. The maximum Gasteiger partial charge on any atom is 0.333 e. The van der Waals surface area contributed by atoms with Crippen LogP contribution in [-0.4, -0.2) is 23.8 Å². The van der Waals surface area contributed by atoms with Gasteiger partial charge in [-0.3, -0.25) is 0 Å². The molecule has 14 heavy (non-hydrogen) atoms. The number of thiophene rings is 1. The number of aliphatic carboxylic acids is 1. The quantitative estimate of drug-likeness (QED) is 0.789. The third-order valence-corrected chi connectivity index (χ3v) is 2.66. The molecule has 4 heteroatoms.